The van der Waals surface area contributed by atoms with Crippen molar-refractivity contribution in [1.82, 2.24) is 9.88 Å². The summed E-state index contributed by atoms with van der Waals surface area (Å²) in [7, 11) is 0. The number of hydrogen-bond donors (Lipinski definition) is 2. The van der Waals surface area contributed by atoms with Crippen LogP contribution in [0.4, 0.5) is 0 Å². The van der Waals surface area contributed by atoms with Crippen LogP contribution in [-0.2, 0) is 0 Å². The molecule has 2 heterocycles. The zero-order valence-electron chi connectivity index (χ0n) is 9.45. The van der Waals surface area contributed by atoms with E-state index >= 15 is 0 Å². The van der Waals surface area contributed by atoms with Crippen molar-refractivity contribution in [2.75, 3.05) is 19.6 Å². The molecule has 0 radical (unpaired) electrons. The number of hydrogen-bond acceptors (Lipinski definition) is 2. The SMILES string of the molecule is CC(c1ccc[nH]1)N1CCCC(CN)C1. The number of nitrogens with two attached hydrogens (primary N) is 1. The van der Waals surface area contributed by atoms with Crippen LogP contribution in [0, 0.1) is 5.92 Å². The first-order chi connectivity index (χ1) is 7.31. The highest BCUT2D eigenvalue weighted by Gasteiger charge is 2.23. The van der Waals surface area contributed by atoms with Crippen molar-refractivity contribution >= 4 is 0 Å². The molecule has 0 saturated carbocycles. The number of nitrogens with one attached hydrogen (secondary N) is 1. The highest BCUT2D eigenvalue weighted by molar-refractivity contribution is 5.08. The summed E-state index contributed by atoms with van der Waals surface area (Å²) in [5, 5.41) is 0. The van der Waals surface area contributed by atoms with Crippen LogP contribution in [0.3, 0.4) is 0 Å². The third kappa shape index (κ3) is 2.41. The van der Waals surface area contributed by atoms with Gasteiger partial charge in [-0.05, 0) is 50.9 Å². The number of piperidine rings is 1. The number of aromatic amines is 1. The Morgan fingerprint density at radius 1 is 1.67 bits per heavy atom. The lowest BCUT2D eigenvalue weighted by Crippen LogP contribution is -2.39. The molecular formula is C12H21N3. The molecule has 2 rings (SSSR count). The minimum atomic E-state index is 0.495. The lowest BCUT2D eigenvalue weighted by molar-refractivity contribution is 0.132. The second-order valence-electron chi connectivity index (χ2n) is 4.54. The maximum absolute atomic E-state index is 5.75. The Kier molecular flexibility index (Phi) is 3.44. The first-order valence-electron chi connectivity index (χ1n) is 5.88. The van der Waals surface area contributed by atoms with Gasteiger partial charge in [-0.2, -0.15) is 0 Å². The molecular weight excluding hydrogens is 186 g/mol. The van der Waals surface area contributed by atoms with Crippen molar-refractivity contribution in [3.63, 3.8) is 0 Å². The number of likely N-dealkylation sites (tertiary alicyclic amines) is 1. The van der Waals surface area contributed by atoms with E-state index in [4.69, 9.17) is 5.73 Å². The average Bonchev–Trinajstić information content (AvgIpc) is 2.81. The second kappa shape index (κ2) is 4.81. The number of rotatable bonds is 3. The van der Waals surface area contributed by atoms with Crippen molar-refractivity contribution in [3.05, 3.63) is 24.0 Å². The van der Waals surface area contributed by atoms with Gasteiger partial charge in [-0.25, -0.2) is 0 Å². The third-order valence-corrected chi connectivity index (χ3v) is 3.50. The van der Waals surface area contributed by atoms with Gasteiger partial charge in [0, 0.05) is 24.5 Å². The fourth-order valence-corrected chi connectivity index (χ4v) is 2.44. The van der Waals surface area contributed by atoms with Gasteiger partial charge in [0.25, 0.3) is 0 Å². The summed E-state index contributed by atoms with van der Waals surface area (Å²) in [4.78, 5) is 5.83. The molecule has 1 fully saturated rings. The van der Waals surface area contributed by atoms with Crippen LogP contribution < -0.4 is 5.73 Å². The van der Waals surface area contributed by atoms with E-state index in [0.717, 1.165) is 13.1 Å². The van der Waals surface area contributed by atoms with Gasteiger partial charge in [0.15, 0.2) is 0 Å². The molecule has 2 atom stereocenters. The van der Waals surface area contributed by atoms with Crippen LogP contribution in [0.2, 0.25) is 0 Å². The zero-order chi connectivity index (χ0) is 10.7. The summed E-state index contributed by atoms with van der Waals surface area (Å²) in [5.74, 6) is 0.691. The zero-order valence-corrected chi connectivity index (χ0v) is 9.45. The second-order valence-corrected chi connectivity index (χ2v) is 4.54. The van der Waals surface area contributed by atoms with E-state index in [-0.39, 0.29) is 0 Å². The molecule has 0 bridgehead atoms. The van der Waals surface area contributed by atoms with E-state index in [1.165, 1.54) is 25.1 Å². The summed E-state index contributed by atoms with van der Waals surface area (Å²) in [5.41, 5.74) is 7.06. The van der Waals surface area contributed by atoms with Crippen molar-refractivity contribution in [1.29, 1.82) is 0 Å². The van der Waals surface area contributed by atoms with Crippen LogP contribution in [0.1, 0.15) is 31.5 Å². The maximum atomic E-state index is 5.75. The van der Waals surface area contributed by atoms with Crippen molar-refractivity contribution in [3.8, 4) is 0 Å². The lowest BCUT2D eigenvalue weighted by Gasteiger charge is -2.36. The Morgan fingerprint density at radius 2 is 2.53 bits per heavy atom. The standard InChI is InChI=1S/C12H21N3/c1-10(12-5-2-6-14-12)15-7-3-4-11(8-13)9-15/h2,5-6,10-11,14H,3-4,7-9,13H2,1H3. The van der Waals surface area contributed by atoms with E-state index in [1.807, 2.05) is 6.20 Å². The van der Waals surface area contributed by atoms with Crippen molar-refractivity contribution in [2.45, 2.75) is 25.8 Å². The molecule has 0 amide bonds. The summed E-state index contributed by atoms with van der Waals surface area (Å²) in [6, 6.07) is 4.72. The smallest absolute Gasteiger partial charge is 0.0470 e. The molecule has 1 saturated heterocycles. The Hall–Kier alpha value is -0.800. The van der Waals surface area contributed by atoms with Crippen LogP contribution >= 0.6 is 0 Å². The summed E-state index contributed by atoms with van der Waals surface area (Å²) >= 11 is 0. The quantitative estimate of drug-likeness (QED) is 0.793. The van der Waals surface area contributed by atoms with Crippen LogP contribution in [0.25, 0.3) is 0 Å². The molecule has 1 aliphatic rings. The monoisotopic (exact) mass is 207 g/mol. The minimum Gasteiger partial charge on any atom is -0.364 e. The average molecular weight is 207 g/mol. The predicted molar refractivity (Wildman–Crippen MR) is 62.6 cm³/mol. The Balaban J connectivity index is 1.98. The van der Waals surface area contributed by atoms with Crippen molar-refractivity contribution < 1.29 is 0 Å². The molecule has 0 aromatic carbocycles. The molecule has 84 valence electrons. The number of aromatic nitrogens is 1. The first-order valence-corrected chi connectivity index (χ1v) is 5.88. The molecule has 1 aromatic rings. The van der Waals surface area contributed by atoms with E-state index in [0.29, 0.717) is 12.0 Å². The lowest BCUT2D eigenvalue weighted by atomic mass is 9.96. The largest absolute Gasteiger partial charge is 0.364 e. The molecule has 0 aliphatic carbocycles. The van der Waals surface area contributed by atoms with Crippen LogP contribution in [0.5, 0.6) is 0 Å². The van der Waals surface area contributed by atoms with Crippen LogP contribution in [0.15, 0.2) is 18.3 Å². The highest BCUT2D eigenvalue weighted by atomic mass is 15.2. The summed E-state index contributed by atoms with van der Waals surface area (Å²) in [6.07, 6.45) is 4.58. The van der Waals surface area contributed by atoms with Gasteiger partial charge in [0.05, 0.1) is 0 Å². The van der Waals surface area contributed by atoms with Gasteiger partial charge < -0.3 is 10.7 Å². The molecule has 3 heteroatoms. The molecule has 1 aliphatic heterocycles. The molecule has 15 heavy (non-hydrogen) atoms. The normalized spacial score (nSPS) is 25.3. The summed E-state index contributed by atoms with van der Waals surface area (Å²) < 4.78 is 0. The van der Waals surface area contributed by atoms with Gasteiger partial charge in [-0.15, -0.1) is 0 Å². The molecule has 1 aromatic heterocycles. The maximum Gasteiger partial charge on any atom is 0.0470 e. The number of nitrogens with zero attached hydrogens (tertiary/aromatic N) is 1. The minimum absolute atomic E-state index is 0.495. The molecule has 3 N–H and O–H groups in total. The molecule has 3 nitrogen and oxygen atoms in total. The van der Waals surface area contributed by atoms with E-state index < -0.39 is 0 Å². The van der Waals surface area contributed by atoms with Gasteiger partial charge in [0.1, 0.15) is 0 Å². The van der Waals surface area contributed by atoms with E-state index in [1.54, 1.807) is 0 Å². The summed E-state index contributed by atoms with van der Waals surface area (Å²) in [6.45, 7) is 5.45. The number of H-pyrrole nitrogens is 1. The fraction of sp³-hybridized carbons (Fsp3) is 0.667. The van der Waals surface area contributed by atoms with Gasteiger partial charge in [-0.3, -0.25) is 4.90 Å². The molecule has 2 unspecified atom stereocenters. The third-order valence-electron chi connectivity index (χ3n) is 3.50. The van der Waals surface area contributed by atoms with Gasteiger partial charge in [0.2, 0.25) is 0 Å². The van der Waals surface area contributed by atoms with Crippen molar-refractivity contribution in [2.24, 2.45) is 11.7 Å². The van der Waals surface area contributed by atoms with Gasteiger partial charge >= 0.3 is 0 Å². The first kappa shape index (κ1) is 10.7. The Labute approximate surface area is 91.7 Å². The molecule has 0 spiro atoms. The van der Waals surface area contributed by atoms with Gasteiger partial charge in [-0.1, -0.05) is 0 Å². The topological polar surface area (TPSA) is 45.0 Å². The Morgan fingerprint density at radius 3 is 3.20 bits per heavy atom. The van der Waals surface area contributed by atoms with E-state index in [9.17, 15) is 0 Å². The van der Waals surface area contributed by atoms with Crippen LogP contribution in [-0.4, -0.2) is 29.5 Å². The predicted octanol–water partition coefficient (Wildman–Crippen LogP) is 1.75. The Bertz CT molecular complexity index is 281. The van der Waals surface area contributed by atoms with E-state index in [2.05, 4.69) is 28.9 Å². The fourth-order valence-electron chi connectivity index (χ4n) is 2.44. The highest BCUT2D eigenvalue weighted by Crippen LogP contribution is 2.24.